The first-order chi connectivity index (χ1) is 16.7. The maximum absolute atomic E-state index is 12.5. The highest BCUT2D eigenvalue weighted by atomic mass is 32.2. The van der Waals surface area contributed by atoms with Gasteiger partial charge in [-0.3, -0.25) is 0 Å². The Kier molecular flexibility index (Phi) is 6.33. The molecule has 1 N–H and O–H groups in total. The molecule has 1 saturated carbocycles. The summed E-state index contributed by atoms with van der Waals surface area (Å²) in [5.74, 6) is 1.12. The van der Waals surface area contributed by atoms with E-state index in [2.05, 4.69) is 15.3 Å². The Morgan fingerprint density at radius 2 is 1.71 bits per heavy atom. The summed E-state index contributed by atoms with van der Waals surface area (Å²) in [4.78, 5) is 23.5. The monoisotopic (exact) mass is 500 g/mol. The minimum Gasteiger partial charge on any atom is -0.474 e. The maximum atomic E-state index is 12.5. The topological polar surface area (TPSA) is 111 Å². The van der Waals surface area contributed by atoms with E-state index in [4.69, 9.17) is 9.47 Å². The number of carbonyl (C=O) groups excluding carboxylic acids is 1. The summed E-state index contributed by atoms with van der Waals surface area (Å²) in [5.41, 5.74) is 1.51. The predicted molar refractivity (Wildman–Crippen MR) is 131 cm³/mol. The second-order valence-corrected chi connectivity index (χ2v) is 12.2. The summed E-state index contributed by atoms with van der Waals surface area (Å²) in [6.45, 7) is 5.63. The van der Waals surface area contributed by atoms with E-state index < -0.39 is 9.84 Å². The molecule has 3 aliphatic rings. The minimum atomic E-state index is -3.21. The van der Waals surface area contributed by atoms with Crippen LogP contribution in [0.4, 0.5) is 16.3 Å². The second kappa shape index (κ2) is 9.29. The van der Waals surface area contributed by atoms with Crippen molar-refractivity contribution >= 4 is 27.4 Å². The van der Waals surface area contributed by atoms with Crippen LogP contribution in [0.15, 0.2) is 35.5 Å². The second-order valence-electron chi connectivity index (χ2n) is 9.98. The fourth-order valence-corrected chi connectivity index (χ4v) is 6.71. The van der Waals surface area contributed by atoms with Gasteiger partial charge in [0.05, 0.1) is 21.8 Å². The van der Waals surface area contributed by atoms with Crippen molar-refractivity contribution in [3.63, 3.8) is 0 Å². The lowest BCUT2D eigenvalue weighted by Crippen LogP contribution is -2.50. The molecule has 3 fully saturated rings. The Hall–Kier alpha value is -2.88. The largest absolute Gasteiger partial charge is 0.474 e. The van der Waals surface area contributed by atoms with Crippen molar-refractivity contribution in [1.82, 2.24) is 14.9 Å². The molecule has 1 amide bonds. The van der Waals surface area contributed by atoms with Gasteiger partial charge >= 0.3 is 6.09 Å². The van der Waals surface area contributed by atoms with Crippen molar-refractivity contribution < 1.29 is 22.7 Å². The highest BCUT2D eigenvalue weighted by Gasteiger charge is 2.45. The van der Waals surface area contributed by atoms with E-state index in [1.165, 1.54) is 6.33 Å². The number of anilines is 2. The van der Waals surface area contributed by atoms with Gasteiger partial charge in [-0.25, -0.2) is 23.2 Å². The Morgan fingerprint density at radius 3 is 2.31 bits per heavy atom. The van der Waals surface area contributed by atoms with Gasteiger partial charge in [0.1, 0.15) is 18.2 Å². The zero-order valence-electron chi connectivity index (χ0n) is 20.3. The third-order valence-electron chi connectivity index (χ3n) is 6.96. The number of benzene rings is 1. The lowest BCUT2D eigenvalue weighted by atomic mass is 10.0. The van der Waals surface area contributed by atoms with Crippen LogP contribution in [-0.2, 0) is 14.6 Å². The number of amides is 1. The molecular formula is C25H32N4O5S. The lowest BCUT2D eigenvalue weighted by Gasteiger charge is -2.38. The van der Waals surface area contributed by atoms with Crippen LogP contribution < -0.4 is 10.1 Å². The minimum absolute atomic E-state index is 0.0380. The number of sulfone groups is 1. The van der Waals surface area contributed by atoms with Gasteiger partial charge in [0, 0.05) is 30.6 Å². The molecule has 3 atom stereocenters. The summed E-state index contributed by atoms with van der Waals surface area (Å²) in [6.07, 6.45) is 5.95. The summed E-state index contributed by atoms with van der Waals surface area (Å²) in [6, 6.07) is 7.02. The maximum Gasteiger partial charge on any atom is 0.410 e. The van der Waals surface area contributed by atoms with Gasteiger partial charge in [-0.05, 0) is 70.7 Å². The molecule has 188 valence electrons. The van der Waals surface area contributed by atoms with E-state index in [-0.39, 0.29) is 35.6 Å². The summed E-state index contributed by atoms with van der Waals surface area (Å²) in [5, 5.41) is 3.02. The Morgan fingerprint density at radius 1 is 1.06 bits per heavy atom. The molecule has 0 spiro atoms. The molecule has 0 radical (unpaired) electrons. The first-order valence-electron chi connectivity index (χ1n) is 12.3. The molecule has 1 aromatic heterocycles. The smallest absolute Gasteiger partial charge is 0.410 e. The highest BCUT2D eigenvalue weighted by molar-refractivity contribution is 7.92. The average Bonchev–Trinajstić information content (AvgIpc) is 3.62. The summed E-state index contributed by atoms with van der Waals surface area (Å²) >= 11 is 0. The number of fused-ring (bicyclic) bond motifs is 2. The van der Waals surface area contributed by atoms with E-state index in [0.717, 1.165) is 49.8 Å². The van der Waals surface area contributed by atoms with Crippen LogP contribution in [-0.4, -0.2) is 58.9 Å². The van der Waals surface area contributed by atoms with E-state index >= 15 is 0 Å². The van der Waals surface area contributed by atoms with Gasteiger partial charge in [0.15, 0.2) is 9.84 Å². The van der Waals surface area contributed by atoms with Crippen LogP contribution in [0.3, 0.4) is 0 Å². The van der Waals surface area contributed by atoms with E-state index in [1.54, 1.807) is 24.3 Å². The van der Waals surface area contributed by atoms with Crippen LogP contribution in [0.25, 0.3) is 0 Å². The van der Waals surface area contributed by atoms with Gasteiger partial charge in [0.2, 0.25) is 5.88 Å². The molecule has 2 aromatic rings. The van der Waals surface area contributed by atoms with Crippen molar-refractivity contribution in [2.45, 2.75) is 93.7 Å². The van der Waals surface area contributed by atoms with Gasteiger partial charge in [-0.1, -0.05) is 0 Å². The number of rotatable bonds is 7. The first kappa shape index (κ1) is 23.8. The number of nitrogens with one attached hydrogen (secondary N) is 1. The molecule has 2 bridgehead atoms. The van der Waals surface area contributed by atoms with Crippen LogP contribution in [0.1, 0.15) is 57.9 Å². The number of ether oxygens (including phenoxy) is 2. The molecule has 35 heavy (non-hydrogen) atoms. The van der Waals surface area contributed by atoms with Gasteiger partial charge in [-0.2, -0.15) is 0 Å². The van der Waals surface area contributed by atoms with Crippen LogP contribution in [0.2, 0.25) is 0 Å². The van der Waals surface area contributed by atoms with Crippen molar-refractivity contribution in [1.29, 1.82) is 0 Å². The highest BCUT2D eigenvalue weighted by Crippen LogP contribution is 2.38. The Bertz CT molecular complexity index is 1180. The van der Waals surface area contributed by atoms with Crippen LogP contribution in [0, 0.1) is 6.92 Å². The summed E-state index contributed by atoms with van der Waals surface area (Å²) in [7, 11) is -3.21. The molecule has 2 aliphatic heterocycles. The van der Waals surface area contributed by atoms with Gasteiger partial charge < -0.3 is 19.7 Å². The third kappa shape index (κ3) is 4.94. The number of nitrogens with zero attached hydrogens (tertiary/aromatic N) is 3. The molecule has 1 aliphatic carbocycles. The number of piperidine rings is 1. The molecule has 3 heterocycles. The Balaban J connectivity index is 1.24. The van der Waals surface area contributed by atoms with Gasteiger partial charge in [0.25, 0.3) is 0 Å². The standard InChI is InChI=1S/C25H32N4O5S/c1-15(2)33-25(30)29-18-6-7-19(29)13-20(12-18)34-24-16(3)23(26-14-27-24)28-17-4-8-21(9-5-17)35(31,32)22-10-11-22/h4-5,8-9,14-15,18-20,22H,6-7,10-13H2,1-3H3,(H,26,27,28)/t18-,19?,20+/m0/s1. The fraction of sp³-hybridized carbons (Fsp3) is 0.560. The average molecular weight is 501 g/mol. The first-order valence-corrected chi connectivity index (χ1v) is 13.8. The van der Waals surface area contributed by atoms with E-state index in [1.807, 2.05) is 25.7 Å². The van der Waals surface area contributed by atoms with Crippen LogP contribution in [0.5, 0.6) is 5.88 Å². The van der Waals surface area contributed by atoms with Crippen molar-refractivity contribution in [3.05, 3.63) is 36.2 Å². The summed E-state index contributed by atoms with van der Waals surface area (Å²) < 4.78 is 36.6. The number of aromatic nitrogens is 2. The predicted octanol–water partition coefficient (Wildman–Crippen LogP) is 4.38. The van der Waals surface area contributed by atoms with E-state index in [9.17, 15) is 13.2 Å². The zero-order chi connectivity index (χ0) is 24.7. The van der Waals surface area contributed by atoms with Crippen molar-refractivity contribution in [2.75, 3.05) is 5.32 Å². The van der Waals surface area contributed by atoms with E-state index in [0.29, 0.717) is 16.6 Å². The third-order valence-corrected chi connectivity index (χ3v) is 9.24. The zero-order valence-corrected chi connectivity index (χ0v) is 21.1. The fourth-order valence-electron chi connectivity index (χ4n) is 5.06. The molecule has 1 unspecified atom stereocenters. The quantitative estimate of drug-likeness (QED) is 0.596. The normalized spacial score (nSPS) is 23.9. The molecule has 5 rings (SSSR count). The van der Waals surface area contributed by atoms with Crippen molar-refractivity contribution in [3.8, 4) is 5.88 Å². The Labute approximate surface area is 206 Å². The SMILES string of the molecule is Cc1c(Nc2ccc(S(=O)(=O)C3CC3)cc2)ncnc1O[C@H]1CC2CC[C@@H](C1)N2C(=O)OC(C)C. The van der Waals surface area contributed by atoms with Crippen LogP contribution >= 0.6 is 0 Å². The molecular weight excluding hydrogens is 468 g/mol. The molecule has 9 nitrogen and oxygen atoms in total. The molecule has 10 heteroatoms. The number of carbonyl (C=O) groups is 1. The lowest BCUT2D eigenvalue weighted by molar-refractivity contribution is 0.0207. The number of hydrogen-bond donors (Lipinski definition) is 1. The molecule has 2 saturated heterocycles. The molecule has 1 aromatic carbocycles. The van der Waals surface area contributed by atoms with Gasteiger partial charge in [-0.15, -0.1) is 0 Å². The van der Waals surface area contributed by atoms with Crippen molar-refractivity contribution in [2.24, 2.45) is 0 Å². The number of hydrogen-bond acceptors (Lipinski definition) is 8.